The summed E-state index contributed by atoms with van der Waals surface area (Å²) >= 11 is 0. The van der Waals surface area contributed by atoms with Gasteiger partial charge in [0.25, 0.3) is 5.91 Å². The molecule has 0 radical (unpaired) electrons. The third kappa shape index (κ3) is 3.61. The molecule has 0 aliphatic carbocycles. The lowest BCUT2D eigenvalue weighted by Gasteiger charge is -2.12. The Balaban J connectivity index is 2.92. The molecule has 1 rings (SSSR count). The van der Waals surface area contributed by atoms with E-state index in [1.165, 1.54) is 20.0 Å². The number of alkyl halides is 3. The van der Waals surface area contributed by atoms with Gasteiger partial charge in [-0.1, -0.05) is 0 Å². The minimum Gasteiger partial charge on any atom is -0.386 e. The number of hydrogen-bond donors (Lipinski definition) is 2. The van der Waals surface area contributed by atoms with Gasteiger partial charge in [0.2, 0.25) is 0 Å². The highest BCUT2D eigenvalue weighted by molar-refractivity contribution is 5.96. The van der Waals surface area contributed by atoms with Crippen LogP contribution in [0.25, 0.3) is 0 Å². The molecule has 18 heavy (non-hydrogen) atoms. The molecule has 0 atom stereocenters. The molecule has 1 aromatic rings. The van der Waals surface area contributed by atoms with Crippen LogP contribution in [-0.2, 0) is 0 Å². The zero-order valence-electron chi connectivity index (χ0n) is 9.78. The van der Waals surface area contributed by atoms with Crippen molar-refractivity contribution >= 4 is 11.6 Å². The van der Waals surface area contributed by atoms with Crippen LogP contribution >= 0.6 is 0 Å². The van der Waals surface area contributed by atoms with Crippen LogP contribution in [0.1, 0.15) is 15.9 Å². The van der Waals surface area contributed by atoms with Crippen molar-refractivity contribution < 1.29 is 22.4 Å². The van der Waals surface area contributed by atoms with Crippen LogP contribution in [0.15, 0.2) is 12.1 Å². The summed E-state index contributed by atoms with van der Waals surface area (Å²) in [6.45, 7) is 0.0303. The van der Waals surface area contributed by atoms with E-state index in [1.54, 1.807) is 5.32 Å². The predicted octanol–water partition coefficient (Wildman–Crippen LogP) is 2.47. The Morgan fingerprint density at radius 1 is 1.33 bits per heavy atom. The molecule has 0 saturated carbocycles. The standard InChI is InChI=1S/C11H12F4N2O/c1-6-3-8(12)9(16-2)4-7(6)10(18)17-5-11(13,14)15/h3-4,16H,5H2,1-2H3,(H,17,18). The minimum atomic E-state index is -4.48. The van der Waals surface area contributed by atoms with Crippen molar-refractivity contribution in [2.75, 3.05) is 18.9 Å². The van der Waals surface area contributed by atoms with Gasteiger partial charge in [-0.05, 0) is 24.6 Å². The average Bonchev–Trinajstić information content (AvgIpc) is 2.25. The summed E-state index contributed by atoms with van der Waals surface area (Å²) in [6.07, 6.45) is -4.48. The quantitative estimate of drug-likeness (QED) is 0.823. The van der Waals surface area contributed by atoms with Gasteiger partial charge in [-0.2, -0.15) is 13.2 Å². The van der Waals surface area contributed by atoms with Crippen LogP contribution in [0, 0.1) is 12.7 Å². The molecule has 0 aliphatic heterocycles. The number of rotatable bonds is 3. The smallest absolute Gasteiger partial charge is 0.386 e. The second-order valence-corrected chi connectivity index (χ2v) is 3.69. The van der Waals surface area contributed by atoms with E-state index in [1.807, 2.05) is 0 Å². The molecule has 0 unspecified atom stereocenters. The number of aryl methyl sites for hydroxylation is 1. The molecule has 7 heteroatoms. The molecule has 0 heterocycles. The second-order valence-electron chi connectivity index (χ2n) is 3.69. The first kappa shape index (κ1) is 14.3. The maximum Gasteiger partial charge on any atom is 0.405 e. The SMILES string of the molecule is CNc1cc(C(=O)NCC(F)(F)F)c(C)cc1F. The highest BCUT2D eigenvalue weighted by Gasteiger charge is 2.28. The summed E-state index contributed by atoms with van der Waals surface area (Å²) in [5.74, 6) is -1.45. The van der Waals surface area contributed by atoms with Crippen molar-refractivity contribution in [1.82, 2.24) is 5.32 Å². The second kappa shape index (κ2) is 5.24. The monoisotopic (exact) mass is 264 g/mol. The van der Waals surface area contributed by atoms with E-state index >= 15 is 0 Å². The van der Waals surface area contributed by atoms with Crippen LogP contribution in [0.3, 0.4) is 0 Å². The fourth-order valence-electron chi connectivity index (χ4n) is 1.38. The molecule has 1 amide bonds. The maximum atomic E-state index is 13.3. The average molecular weight is 264 g/mol. The lowest BCUT2D eigenvalue weighted by Crippen LogP contribution is -2.34. The number of nitrogens with one attached hydrogen (secondary N) is 2. The van der Waals surface area contributed by atoms with E-state index in [2.05, 4.69) is 5.32 Å². The van der Waals surface area contributed by atoms with Gasteiger partial charge in [0, 0.05) is 12.6 Å². The van der Waals surface area contributed by atoms with Crippen molar-refractivity contribution in [3.63, 3.8) is 0 Å². The van der Waals surface area contributed by atoms with Crippen LogP contribution in [-0.4, -0.2) is 25.7 Å². The van der Waals surface area contributed by atoms with Gasteiger partial charge in [0.05, 0.1) is 5.69 Å². The number of benzene rings is 1. The number of amides is 1. The summed E-state index contributed by atoms with van der Waals surface area (Å²) < 4.78 is 49.2. The van der Waals surface area contributed by atoms with E-state index < -0.39 is 24.4 Å². The Morgan fingerprint density at radius 3 is 2.44 bits per heavy atom. The lowest BCUT2D eigenvalue weighted by atomic mass is 10.1. The fraction of sp³-hybridized carbons (Fsp3) is 0.364. The summed E-state index contributed by atoms with van der Waals surface area (Å²) in [6, 6.07) is 2.27. The Morgan fingerprint density at radius 2 is 1.94 bits per heavy atom. The van der Waals surface area contributed by atoms with E-state index in [4.69, 9.17) is 0 Å². The van der Waals surface area contributed by atoms with Crippen molar-refractivity contribution in [1.29, 1.82) is 0 Å². The maximum absolute atomic E-state index is 13.3. The fourth-order valence-corrected chi connectivity index (χ4v) is 1.38. The predicted molar refractivity (Wildman–Crippen MR) is 59.1 cm³/mol. The molecule has 1 aromatic carbocycles. The van der Waals surface area contributed by atoms with E-state index in [9.17, 15) is 22.4 Å². The normalized spacial score (nSPS) is 11.2. The zero-order valence-corrected chi connectivity index (χ0v) is 9.78. The summed E-state index contributed by atoms with van der Waals surface area (Å²) in [5, 5.41) is 4.25. The van der Waals surface area contributed by atoms with Crippen LogP contribution in [0.2, 0.25) is 0 Å². The van der Waals surface area contributed by atoms with Gasteiger partial charge in [0.15, 0.2) is 0 Å². The van der Waals surface area contributed by atoms with Gasteiger partial charge in [-0.25, -0.2) is 4.39 Å². The number of carbonyl (C=O) groups is 1. The van der Waals surface area contributed by atoms with E-state index in [0.717, 1.165) is 6.07 Å². The molecule has 0 bridgehead atoms. The third-order valence-electron chi connectivity index (χ3n) is 2.28. The minimum absolute atomic E-state index is 0.00463. The van der Waals surface area contributed by atoms with Gasteiger partial charge >= 0.3 is 6.18 Å². The van der Waals surface area contributed by atoms with Crippen molar-refractivity contribution in [3.8, 4) is 0 Å². The lowest BCUT2D eigenvalue weighted by molar-refractivity contribution is -0.123. The summed E-state index contributed by atoms with van der Waals surface area (Å²) in [7, 11) is 1.45. The van der Waals surface area contributed by atoms with Crippen LogP contribution in [0.4, 0.5) is 23.2 Å². The molecule has 0 spiro atoms. The van der Waals surface area contributed by atoms with Crippen molar-refractivity contribution in [2.24, 2.45) is 0 Å². The van der Waals surface area contributed by atoms with Gasteiger partial charge in [0.1, 0.15) is 12.4 Å². The van der Waals surface area contributed by atoms with Crippen LogP contribution < -0.4 is 10.6 Å². The largest absolute Gasteiger partial charge is 0.405 e. The molecular formula is C11H12F4N2O. The molecular weight excluding hydrogens is 252 g/mol. The van der Waals surface area contributed by atoms with Gasteiger partial charge in [-0.3, -0.25) is 4.79 Å². The van der Waals surface area contributed by atoms with Crippen LogP contribution in [0.5, 0.6) is 0 Å². The van der Waals surface area contributed by atoms with E-state index in [0.29, 0.717) is 0 Å². The molecule has 0 aliphatic rings. The molecule has 3 nitrogen and oxygen atoms in total. The Kier molecular flexibility index (Phi) is 4.15. The number of hydrogen-bond acceptors (Lipinski definition) is 2. The topological polar surface area (TPSA) is 41.1 Å². The highest BCUT2D eigenvalue weighted by atomic mass is 19.4. The highest BCUT2D eigenvalue weighted by Crippen LogP contribution is 2.20. The van der Waals surface area contributed by atoms with Crippen molar-refractivity contribution in [2.45, 2.75) is 13.1 Å². The number of anilines is 1. The number of carbonyl (C=O) groups excluding carboxylic acids is 1. The molecule has 100 valence electrons. The zero-order chi connectivity index (χ0) is 13.9. The Bertz CT molecular complexity index is 457. The first-order chi connectivity index (χ1) is 8.24. The van der Waals surface area contributed by atoms with E-state index in [-0.39, 0.29) is 16.8 Å². The molecule has 0 aromatic heterocycles. The Hall–Kier alpha value is -1.79. The number of halogens is 4. The first-order valence-corrected chi connectivity index (χ1v) is 5.07. The third-order valence-corrected chi connectivity index (χ3v) is 2.28. The first-order valence-electron chi connectivity index (χ1n) is 5.07. The molecule has 2 N–H and O–H groups in total. The van der Waals surface area contributed by atoms with Gasteiger partial charge < -0.3 is 10.6 Å². The van der Waals surface area contributed by atoms with Crippen molar-refractivity contribution in [3.05, 3.63) is 29.1 Å². The summed E-state index contributed by atoms with van der Waals surface area (Å²) in [5.41, 5.74) is 0.328. The molecule has 0 saturated heterocycles. The Labute approximate surface area is 101 Å². The molecule has 0 fully saturated rings. The van der Waals surface area contributed by atoms with Gasteiger partial charge in [-0.15, -0.1) is 0 Å². The summed E-state index contributed by atoms with van der Waals surface area (Å²) in [4.78, 5) is 11.5.